The van der Waals surface area contributed by atoms with Crippen LogP contribution >= 0.6 is 15.9 Å². The Labute approximate surface area is 193 Å². The molecule has 1 aromatic heterocycles. The number of hydrogen-bond donors (Lipinski definition) is 0. The van der Waals surface area contributed by atoms with Gasteiger partial charge in [0.25, 0.3) is 0 Å². The van der Waals surface area contributed by atoms with E-state index in [1.165, 1.54) is 0 Å². The van der Waals surface area contributed by atoms with Crippen LogP contribution in [0.4, 0.5) is 0 Å². The van der Waals surface area contributed by atoms with Gasteiger partial charge in [-0.25, -0.2) is 4.98 Å². The highest BCUT2D eigenvalue weighted by Gasteiger charge is 2.30. The molecule has 0 N–H and O–H groups in total. The first kappa shape index (κ1) is 22.0. The predicted molar refractivity (Wildman–Crippen MR) is 129 cm³/mol. The normalized spacial score (nSPS) is 17.4. The Bertz CT molecular complexity index is 1040. The second-order valence-corrected chi connectivity index (χ2v) is 9.54. The molecule has 1 aliphatic heterocycles. The minimum absolute atomic E-state index is 0.0709. The molecule has 31 heavy (non-hydrogen) atoms. The Morgan fingerprint density at radius 2 is 1.94 bits per heavy atom. The highest BCUT2D eigenvalue weighted by atomic mass is 79.9. The highest BCUT2D eigenvalue weighted by molar-refractivity contribution is 9.10. The van der Waals surface area contributed by atoms with Crippen LogP contribution in [0.1, 0.15) is 39.4 Å². The zero-order valence-electron chi connectivity index (χ0n) is 18.6. The third-order valence-electron chi connectivity index (χ3n) is 6.18. The predicted octanol–water partition coefficient (Wildman–Crippen LogP) is 5.26. The largest absolute Gasteiger partial charge is 0.340 e. The summed E-state index contributed by atoms with van der Waals surface area (Å²) in [7, 11) is 0. The van der Waals surface area contributed by atoms with Crippen molar-refractivity contribution in [3.05, 3.63) is 58.8 Å². The SMILES string of the molecule is CCN(C(=O)[C@@H]1CCCN(Cc2nc3ccccc3n2-c2ccc(Br)cc2)C1)C(C)C. The van der Waals surface area contributed by atoms with E-state index in [0.29, 0.717) is 5.91 Å². The Hall–Kier alpha value is -2.18. The molecule has 164 valence electrons. The van der Waals surface area contributed by atoms with Crippen molar-refractivity contribution in [3.63, 3.8) is 0 Å². The van der Waals surface area contributed by atoms with Gasteiger partial charge in [0.15, 0.2) is 0 Å². The van der Waals surface area contributed by atoms with Gasteiger partial charge in [-0.1, -0.05) is 28.1 Å². The van der Waals surface area contributed by atoms with Crippen LogP contribution in [0.25, 0.3) is 16.7 Å². The topological polar surface area (TPSA) is 41.4 Å². The molecule has 4 rings (SSSR count). The van der Waals surface area contributed by atoms with Crippen molar-refractivity contribution in [1.29, 1.82) is 0 Å². The number of rotatable bonds is 6. The summed E-state index contributed by atoms with van der Waals surface area (Å²) in [5.41, 5.74) is 3.22. The fourth-order valence-electron chi connectivity index (χ4n) is 4.67. The first-order chi connectivity index (χ1) is 15.0. The lowest BCUT2D eigenvalue weighted by atomic mass is 9.96. The number of benzene rings is 2. The van der Waals surface area contributed by atoms with Crippen molar-refractivity contribution in [2.45, 2.75) is 46.2 Å². The van der Waals surface area contributed by atoms with E-state index in [2.05, 4.69) is 88.6 Å². The molecule has 2 heterocycles. The summed E-state index contributed by atoms with van der Waals surface area (Å²) >= 11 is 3.54. The maximum Gasteiger partial charge on any atom is 0.227 e. The lowest BCUT2D eigenvalue weighted by molar-refractivity contribution is -0.139. The van der Waals surface area contributed by atoms with Gasteiger partial charge >= 0.3 is 0 Å². The zero-order valence-corrected chi connectivity index (χ0v) is 20.2. The molecule has 5 nitrogen and oxygen atoms in total. The fourth-order valence-corrected chi connectivity index (χ4v) is 4.94. The zero-order chi connectivity index (χ0) is 22.0. The number of carbonyl (C=O) groups excluding carboxylic acids is 1. The van der Waals surface area contributed by atoms with Crippen molar-refractivity contribution >= 4 is 32.9 Å². The molecule has 2 aromatic carbocycles. The van der Waals surface area contributed by atoms with E-state index in [1.54, 1.807) is 0 Å². The van der Waals surface area contributed by atoms with Crippen molar-refractivity contribution in [2.24, 2.45) is 5.92 Å². The van der Waals surface area contributed by atoms with E-state index in [-0.39, 0.29) is 12.0 Å². The van der Waals surface area contributed by atoms with Gasteiger partial charge in [0, 0.05) is 29.3 Å². The molecule has 0 saturated carbocycles. The number of aromatic nitrogens is 2. The molecule has 1 amide bonds. The van der Waals surface area contributed by atoms with E-state index >= 15 is 0 Å². The summed E-state index contributed by atoms with van der Waals surface area (Å²) in [5, 5.41) is 0. The number of imidazole rings is 1. The highest BCUT2D eigenvalue weighted by Crippen LogP contribution is 2.26. The van der Waals surface area contributed by atoms with Crippen LogP contribution in [0.2, 0.25) is 0 Å². The van der Waals surface area contributed by atoms with Crippen LogP contribution in [0.3, 0.4) is 0 Å². The van der Waals surface area contributed by atoms with Gasteiger partial charge in [-0.3, -0.25) is 14.3 Å². The molecule has 1 aliphatic rings. The van der Waals surface area contributed by atoms with Crippen LogP contribution in [-0.4, -0.2) is 50.9 Å². The average molecular weight is 483 g/mol. The molecule has 0 bridgehead atoms. The molecule has 0 spiro atoms. The Balaban J connectivity index is 1.60. The van der Waals surface area contributed by atoms with Crippen LogP contribution < -0.4 is 0 Å². The molecule has 1 atom stereocenters. The molecule has 6 heteroatoms. The molecule has 3 aromatic rings. The second kappa shape index (κ2) is 9.53. The Morgan fingerprint density at radius 3 is 2.65 bits per heavy atom. The second-order valence-electron chi connectivity index (χ2n) is 8.62. The molecule has 0 unspecified atom stereocenters. The van der Waals surface area contributed by atoms with Crippen molar-refractivity contribution in [2.75, 3.05) is 19.6 Å². The summed E-state index contributed by atoms with van der Waals surface area (Å²) in [5.74, 6) is 1.39. The van der Waals surface area contributed by atoms with Gasteiger partial charge in [-0.2, -0.15) is 0 Å². The van der Waals surface area contributed by atoms with Crippen LogP contribution in [0.15, 0.2) is 53.0 Å². The number of likely N-dealkylation sites (tertiary alicyclic amines) is 1. The average Bonchev–Trinajstić information content (AvgIpc) is 3.12. The lowest BCUT2D eigenvalue weighted by Crippen LogP contribution is -2.46. The third kappa shape index (κ3) is 4.70. The standard InChI is InChI=1S/C25H31BrN4O/c1-4-29(18(2)3)25(31)19-8-7-15-28(16-19)17-24-27-22-9-5-6-10-23(22)30(24)21-13-11-20(26)12-14-21/h5-6,9-14,18-19H,4,7-8,15-17H2,1-3H3/t19-/m1/s1. The van der Waals surface area contributed by atoms with Gasteiger partial charge in [0.2, 0.25) is 5.91 Å². The molecule has 0 aliphatic carbocycles. The molecule has 1 fully saturated rings. The monoisotopic (exact) mass is 482 g/mol. The fraction of sp³-hybridized carbons (Fsp3) is 0.440. The number of para-hydroxylation sites is 2. The summed E-state index contributed by atoms with van der Waals surface area (Å²) in [6.07, 6.45) is 2.02. The lowest BCUT2D eigenvalue weighted by Gasteiger charge is -2.36. The minimum atomic E-state index is 0.0709. The van der Waals surface area contributed by atoms with Crippen molar-refractivity contribution < 1.29 is 4.79 Å². The van der Waals surface area contributed by atoms with Gasteiger partial charge in [0.1, 0.15) is 5.82 Å². The van der Waals surface area contributed by atoms with E-state index < -0.39 is 0 Å². The van der Waals surface area contributed by atoms with Gasteiger partial charge in [-0.05, 0) is 76.6 Å². The van der Waals surface area contributed by atoms with E-state index in [4.69, 9.17) is 4.98 Å². The summed E-state index contributed by atoms with van der Waals surface area (Å²) in [6.45, 7) is 9.58. The number of carbonyl (C=O) groups is 1. The molecular formula is C25H31BrN4O. The number of halogens is 1. The number of hydrogen-bond acceptors (Lipinski definition) is 3. The summed E-state index contributed by atoms with van der Waals surface area (Å²) in [4.78, 5) is 22.5. The van der Waals surface area contributed by atoms with Gasteiger partial charge in [0.05, 0.1) is 23.5 Å². The Morgan fingerprint density at radius 1 is 1.19 bits per heavy atom. The number of amides is 1. The Kier molecular flexibility index (Phi) is 6.77. The third-order valence-corrected chi connectivity index (χ3v) is 6.71. The van der Waals surface area contributed by atoms with Gasteiger partial charge < -0.3 is 4.90 Å². The van der Waals surface area contributed by atoms with Gasteiger partial charge in [-0.15, -0.1) is 0 Å². The molecule has 0 radical (unpaired) electrons. The maximum absolute atomic E-state index is 13.1. The van der Waals surface area contributed by atoms with Crippen molar-refractivity contribution in [3.8, 4) is 5.69 Å². The van der Waals surface area contributed by atoms with Crippen LogP contribution in [0, 0.1) is 5.92 Å². The maximum atomic E-state index is 13.1. The first-order valence-corrected chi connectivity index (χ1v) is 12.0. The van der Waals surface area contributed by atoms with Crippen molar-refractivity contribution in [1.82, 2.24) is 19.4 Å². The molecular weight excluding hydrogens is 452 g/mol. The summed E-state index contributed by atoms with van der Waals surface area (Å²) < 4.78 is 3.31. The molecule has 1 saturated heterocycles. The van der Waals surface area contributed by atoms with Crippen LogP contribution in [-0.2, 0) is 11.3 Å². The number of nitrogens with zero attached hydrogens (tertiary/aromatic N) is 4. The van der Waals surface area contributed by atoms with E-state index in [0.717, 1.165) is 66.0 Å². The van der Waals surface area contributed by atoms with E-state index in [1.807, 2.05) is 11.0 Å². The quantitative estimate of drug-likeness (QED) is 0.481. The number of piperidine rings is 1. The summed E-state index contributed by atoms with van der Waals surface area (Å²) in [6, 6.07) is 16.9. The van der Waals surface area contributed by atoms with E-state index in [9.17, 15) is 4.79 Å². The first-order valence-electron chi connectivity index (χ1n) is 11.2. The van der Waals surface area contributed by atoms with Crippen LogP contribution in [0.5, 0.6) is 0 Å². The number of fused-ring (bicyclic) bond motifs is 1. The minimum Gasteiger partial charge on any atom is -0.340 e. The smallest absolute Gasteiger partial charge is 0.227 e.